The first-order chi connectivity index (χ1) is 9.04. The molecule has 0 bridgehead atoms. The van der Waals surface area contributed by atoms with Gasteiger partial charge in [-0.15, -0.1) is 0 Å². The summed E-state index contributed by atoms with van der Waals surface area (Å²) in [6, 6.07) is 0. The molecule has 0 rings (SSSR count). The van der Waals surface area contributed by atoms with Crippen molar-refractivity contribution in [3.63, 3.8) is 0 Å². The first kappa shape index (κ1) is 18.2. The summed E-state index contributed by atoms with van der Waals surface area (Å²) in [5, 5.41) is 8.66. The number of carboxylic acid groups (broad SMARTS) is 1. The summed E-state index contributed by atoms with van der Waals surface area (Å²) >= 11 is 0. The van der Waals surface area contributed by atoms with E-state index in [1.54, 1.807) is 0 Å². The van der Waals surface area contributed by atoms with E-state index >= 15 is 0 Å². The normalized spacial score (nSPS) is 10.9. The van der Waals surface area contributed by atoms with Crippen molar-refractivity contribution in [2.24, 2.45) is 0 Å². The van der Waals surface area contributed by atoms with Gasteiger partial charge in [0.1, 0.15) is 0 Å². The molecule has 0 aliphatic carbocycles. The first-order valence-electron chi connectivity index (χ1n) is 7.60. The number of aliphatic carboxylic acids is 1. The number of nitrogens with zero attached hydrogens (tertiary/aromatic N) is 1. The van der Waals surface area contributed by atoms with Crippen LogP contribution in [0, 0.1) is 0 Å². The molecule has 0 aliphatic rings. The fourth-order valence-corrected chi connectivity index (χ4v) is 2.11. The standard InChI is InChI=1S/C16H31NO2/c1-15(16(18)19)13-11-9-7-5-4-6-8-10-12-14-17(2)3/h1,4-14H2,2-3H3,(H,18,19). The Hall–Kier alpha value is -0.830. The SMILES string of the molecule is C=C(CCCCCCCCCCCN(C)C)C(=O)O. The number of carboxylic acids is 1. The molecule has 0 heterocycles. The molecule has 0 amide bonds. The molecular weight excluding hydrogens is 238 g/mol. The van der Waals surface area contributed by atoms with Gasteiger partial charge in [0.15, 0.2) is 0 Å². The molecule has 112 valence electrons. The zero-order valence-electron chi connectivity index (χ0n) is 12.8. The van der Waals surface area contributed by atoms with Crippen LogP contribution in [0.25, 0.3) is 0 Å². The minimum atomic E-state index is -0.849. The molecule has 0 aromatic heterocycles. The van der Waals surface area contributed by atoms with Crippen molar-refractivity contribution in [3.8, 4) is 0 Å². The van der Waals surface area contributed by atoms with Crippen LogP contribution >= 0.6 is 0 Å². The van der Waals surface area contributed by atoms with Gasteiger partial charge < -0.3 is 10.0 Å². The van der Waals surface area contributed by atoms with Crippen LogP contribution in [0.3, 0.4) is 0 Å². The van der Waals surface area contributed by atoms with Crippen LogP contribution < -0.4 is 0 Å². The Kier molecular flexibility index (Phi) is 11.7. The molecule has 1 N–H and O–H groups in total. The predicted molar refractivity (Wildman–Crippen MR) is 81.5 cm³/mol. The Morgan fingerprint density at radius 1 is 0.895 bits per heavy atom. The molecule has 0 fully saturated rings. The van der Waals surface area contributed by atoms with Crippen LogP contribution in [0.1, 0.15) is 64.2 Å². The van der Waals surface area contributed by atoms with E-state index < -0.39 is 5.97 Å². The summed E-state index contributed by atoms with van der Waals surface area (Å²) in [6.07, 6.45) is 11.9. The van der Waals surface area contributed by atoms with Gasteiger partial charge in [0.25, 0.3) is 0 Å². The van der Waals surface area contributed by atoms with Gasteiger partial charge in [-0.05, 0) is 39.9 Å². The lowest BCUT2D eigenvalue weighted by atomic mass is 10.0. The quantitative estimate of drug-likeness (QED) is 0.404. The summed E-state index contributed by atoms with van der Waals surface area (Å²) in [4.78, 5) is 12.8. The Balaban J connectivity index is 3.11. The van der Waals surface area contributed by atoms with Crippen molar-refractivity contribution in [2.75, 3.05) is 20.6 Å². The van der Waals surface area contributed by atoms with Crippen LogP contribution in [-0.2, 0) is 4.79 Å². The van der Waals surface area contributed by atoms with E-state index in [1.807, 2.05) is 0 Å². The van der Waals surface area contributed by atoms with Crippen LogP contribution in [0.15, 0.2) is 12.2 Å². The molecule has 0 saturated carbocycles. The van der Waals surface area contributed by atoms with Gasteiger partial charge in [0, 0.05) is 5.57 Å². The number of carbonyl (C=O) groups is 1. The Morgan fingerprint density at radius 3 is 1.74 bits per heavy atom. The van der Waals surface area contributed by atoms with E-state index in [1.165, 1.54) is 51.5 Å². The second-order valence-electron chi connectivity index (χ2n) is 5.64. The molecule has 0 atom stereocenters. The van der Waals surface area contributed by atoms with Gasteiger partial charge >= 0.3 is 5.97 Å². The molecule has 19 heavy (non-hydrogen) atoms. The number of unbranched alkanes of at least 4 members (excludes halogenated alkanes) is 8. The van der Waals surface area contributed by atoms with Crippen LogP contribution in [0.4, 0.5) is 0 Å². The Bertz CT molecular complexity index is 249. The highest BCUT2D eigenvalue weighted by molar-refractivity contribution is 5.85. The average molecular weight is 269 g/mol. The summed E-state index contributed by atoms with van der Waals surface area (Å²) in [7, 11) is 4.25. The lowest BCUT2D eigenvalue weighted by molar-refractivity contribution is -0.132. The molecule has 0 aromatic rings. The van der Waals surface area contributed by atoms with Crippen molar-refractivity contribution < 1.29 is 9.90 Å². The van der Waals surface area contributed by atoms with Crippen LogP contribution in [0.5, 0.6) is 0 Å². The number of hydrogen-bond donors (Lipinski definition) is 1. The van der Waals surface area contributed by atoms with Gasteiger partial charge in [-0.2, -0.15) is 0 Å². The number of rotatable bonds is 13. The largest absolute Gasteiger partial charge is 0.478 e. The van der Waals surface area contributed by atoms with Gasteiger partial charge in [-0.1, -0.05) is 51.5 Å². The predicted octanol–water partition coefficient (Wildman–Crippen LogP) is 4.09. The maximum absolute atomic E-state index is 10.5. The zero-order valence-corrected chi connectivity index (χ0v) is 12.8. The van der Waals surface area contributed by atoms with Crippen molar-refractivity contribution in [3.05, 3.63) is 12.2 Å². The third-order valence-corrected chi connectivity index (χ3v) is 3.39. The Morgan fingerprint density at radius 2 is 1.32 bits per heavy atom. The molecule has 3 nitrogen and oxygen atoms in total. The van der Waals surface area contributed by atoms with Crippen LogP contribution in [0.2, 0.25) is 0 Å². The molecule has 0 unspecified atom stereocenters. The molecule has 0 aliphatic heterocycles. The van der Waals surface area contributed by atoms with E-state index in [0.29, 0.717) is 12.0 Å². The summed E-state index contributed by atoms with van der Waals surface area (Å²) in [6.45, 7) is 4.74. The maximum atomic E-state index is 10.5. The molecule has 0 saturated heterocycles. The van der Waals surface area contributed by atoms with E-state index in [-0.39, 0.29) is 0 Å². The highest BCUT2D eigenvalue weighted by Crippen LogP contribution is 2.12. The van der Waals surface area contributed by atoms with Crippen molar-refractivity contribution in [1.29, 1.82) is 0 Å². The number of hydrogen-bond acceptors (Lipinski definition) is 2. The second-order valence-corrected chi connectivity index (χ2v) is 5.64. The van der Waals surface area contributed by atoms with Gasteiger partial charge in [-0.25, -0.2) is 4.79 Å². The fraction of sp³-hybridized carbons (Fsp3) is 0.812. The molecular formula is C16H31NO2. The lowest BCUT2D eigenvalue weighted by Gasteiger charge is -2.08. The van der Waals surface area contributed by atoms with Crippen molar-refractivity contribution >= 4 is 5.97 Å². The summed E-state index contributed by atoms with van der Waals surface area (Å²) < 4.78 is 0. The topological polar surface area (TPSA) is 40.5 Å². The molecule has 0 spiro atoms. The second kappa shape index (κ2) is 12.2. The minimum absolute atomic E-state index is 0.348. The molecule has 0 radical (unpaired) electrons. The van der Waals surface area contributed by atoms with Crippen LogP contribution in [-0.4, -0.2) is 36.6 Å². The average Bonchev–Trinajstić information content (AvgIpc) is 2.35. The maximum Gasteiger partial charge on any atom is 0.330 e. The molecule has 3 heteroatoms. The third-order valence-electron chi connectivity index (χ3n) is 3.39. The van der Waals surface area contributed by atoms with Gasteiger partial charge in [-0.3, -0.25) is 0 Å². The van der Waals surface area contributed by atoms with E-state index in [0.717, 1.165) is 12.8 Å². The van der Waals surface area contributed by atoms with E-state index in [4.69, 9.17) is 5.11 Å². The smallest absolute Gasteiger partial charge is 0.330 e. The summed E-state index contributed by atoms with van der Waals surface area (Å²) in [5.41, 5.74) is 0.348. The van der Waals surface area contributed by atoms with Gasteiger partial charge in [0.05, 0.1) is 0 Å². The van der Waals surface area contributed by atoms with Gasteiger partial charge in [0.2, 0.25) is 0 Å². The highest BCUT2D eigenvalue weighted by Gasteiger charge is 2.02. The zero-order chi connectivity index (χ0) is 14.5. The van der Waals surface area contributed by atoms with Crippen molar-refractivity contribution in [1.82, 2.24) is 4.90 Å². The molecule has 0 aromatic carbocycles. The third kappa shape index (κ3) is 13.4. The Labute approximate surface area is 118 Å². The fourth-order valence-electron chi connectivity index (χ4n) is 2.11. The highest BCUT2D eigenvalue weighted by atomic mass is 16.4. The minimum Gasteiger partial charge on any atom is -0.478 e. The first-order valence-corrected chi connectivity index (χ1v) is 7.60. The van der Waals surface area contributed by atoms with Crippen molar-refractivity contribution in [2.45, 2.75) is 64.2 Å². The summed E-state index contributed by atoms with van der Waals surface area (Å²) in [5.74, 6) is -0.849. The van der Waals surface area contributed by atoms with E-state index in [2.05, 4.69) is 25.6 Å². The van der Waals surface area contributed by atoms with E-state index in [9.17, 15) is 4.79 Å². The monoisotopic (exact) mass is 269 g/mol. The lowest BCUT2D eigenvalue weighted by Crippen LogP contribution is -2.12.